The third-order valence-electron chi connectivity index (χ3n) is 3.58. The third kappa shape index (κ3) is 4.54. The van der Waals surface area contributed by atoms with E-state index in [0.29, 0.717) is 5.71 Å². The van der Waals surface area contributed by atoms with Crippen molar-refractivity contribution in [1.29, 1.82) is 0 Å². The third-order valence-corrected chi connectivity index (χ3v) is 3.58. The van der Waals surface area contributed by atoms with Gasteiger partial charge in [-0.2, -0.15) is 0 Å². The van der Waals surface area contributed by atoms with Gasteiger partial charge in [-0.1, -0.05) is 29.8 Å². The van der Waals surface area contributed by atoms with Crippen LogP contribution >= 0.6 is 0 Å². The highest BCUT2D eigenvalue weighted by atomic mass is 16.6. The molecular formula is C17H15N3O5. The zero-order valence-corrected chi connectivity index (χ0v) is 13.6. The normalized spacial score (nSPS) is 11.2. The number of hydrogen-bond donors (Lipinski definition) is 0. The van der Waals surface area contributed by atoms with Gasteiger partial charge in [-0.15, -0.1) is 0 Å². The number of Topliss-reactive ketones (excluding diaryl/α,β-unsaturated/α-hetero) is 1. The number of nitro benzene ring substituents is 2. The number of non-ortho nitro benzene ring substituents is 2. The molecule has 8 nitrogen and oxygen atoms in total. The lowest BCUT2D eigenvalue weighted by Gasteiger charge is -2.03. The Bertz CT molecular complexity index is 840. The molecule has 0 atom stereocenters. The van der Waals surface area contributed by atoms with Crippen molar-refractivity contribution in [3.8, 4) is 0 Å². The molecule has 0 heterocycles. The molecule has 2 aromatic carbocycles. The van der Waals surface area contributed by atoms with Gasteiger partial charge in [0.2, 0.25) is 0 Å². The number of benzene rings is 2. The van der Waals surface area contributed by atoms with Crippen LogP contribution in [0.15, 0.2) is 47.5 Å². The molecule has 25 heavy (non-hydrogen) atoms. The molecule has 0 bridgehead atoms. The van der Waals surface area contributed by atoms with Crippen LogP contribution in [-0.2, 0) is 0 Å². The number of ketones is 1. The zero-order chi connectivity index (χ0) is 18.6. The lowest BCUT2D eigenvalue weighted by Crippen LogP contribution is -2.07. The second kappa shape index (κ2) is 7.43. The van der Waals surface area contributed by atoms with Crippen molar-refractivity contribution in [3.05, 3.63) is 79.4 Å². The minimum Gasteiger partial charge on any atom is -0.292 e. The van der Waals surface area contributed by atoms with E-state index in [-0.39, 0.29) is 12.1 Å². The average molecular weight is 341 g/mol. The van der Waals surface area contributed by atoms with Crippen molar-refractivity contribution in [2.75, 3.05) is 6.54 Å². The molecule has 0 spiro atoms. The Morgan fingerprint density at radius 2 is 1.48 bits per heavy atom. The Labute approximate surface area is 143 Å². The molecule has 0 amide bonds. The second-order valence-corrected chi connectivity index (χ2v) is 5.44. The van der Waals surface area contributed by atoms with Crippen LogP contribution in [0.4, 0.5) is 11.4 Å². The highest BCUT2D eigenvalue weighted by Gasteiger charge is 2.19. The first-order valence-corrected chi connectivity index (χ1v) is 7.33. The highest BCUT2D eigenvalue weighted by Crippen LogP contribution is 2.23. The van der Waals surface area contributed by atoms with E-state index in [9.17, 15) is 25.0 Å². The standard InChI is InChI=1S/C17H15N3O5/c1-11-3-5-13(6-4-11)12(2)18-10-17(21)14-7-15(19(22)23)9-16(8-14)20(24)25/h3-9H,10H2,1-2H3. The molecule has 8 heteroatoms. The van der Waals surface area contributed by atoms with Crippen molar-refractivity contribution in [2.45, 2.75) is 13.8 Å². The van der Waals surface area contributed by atoms with E-state index in [4.69, 9.17) is 0 Å². The number of carbonyl (C=O) groups is 1. The summed E-state index contributed by atoms with van der Waals surface area (Å²) in [5, 5.41) is 21.7. The minimum atomic E-state index is -0.773. The van der Waals surface area contributed by atoms with Crippen molar-refractivity contribution in [2.24, 2.45) is 4.99 Å². The first-order valence-electron chi connectivity index (χ1n) is 7.33. The smallest absolute Gasteiger partial charge is 0.277 e. The molecule has 128 valence electrons. The molecule has 0 saturated carbocycles. The van der Waals surface area contributed by atoms with Gasteiger partial charge in [0.15, 0.2) is 5.78 Å². The predicted molar refractivity (Wildman–Crippen MR) is 92.3 cm³/mol. The lowest BCUT2D eigenvalue weighted by molar-refractivity contribution is -0.394. The molecule has 0 saturated heterocycles. The summed E-state index contributed by atoms with van der Waals surface area (Å²) in [6.45, 7) is 3.45. The van der Waals surface area contributed by atoms with Crippen LogP contribution in [0, 0.1) is 27.2 Å². The van der Waals surface area contributed by atoms with E-state index >= 15 is 0 Å². The lowest BCUT2D eigenvalue weighted by atomic mass is 10.1. The van der Waals surface area contributed by atoms with E-state index in [1.165, 1.54) is 0 Å². The fourth-order valence-corrected chi connectivity index (χ4v) is 2.13. The van der Waals surface area contributed by atoms with Gasteiger partial charge < -0.3 is 0 Å². The van der Waals surface area contributed by atoms with E-state index < -0.39 is 27.0 Å². The molecule has 0 aliphatic carbocycles. The Morgan fingerprint density at radius 1 is 0.960 bits per heavy atom. The van der Waals surface area contributed by atoms with Gasteiger partial charge in [-0.25, -0.2) is 0 Å². The molecule has 0 radical (unpaired) electrons. The van der Waals surface area contributed by atoms with Crippen LogP contribution in [0.5, 0.6) is 0 Å². The van der Waals surface area contributed by atoms with Crippen molar-refractivity contribution >= 4 is 22.9 Å². The van der Waals surface area contributed by atoms with Gasteiger partial charge >= 0.3 is 0 Å². The Morgan fingerprint density at radius 3 is 1.96 bits per heavy atom. The van der Waals surface area contributed by atoms with Gasteiger partial charge in [-0.3, -0.25) is 30.0 Å². The number of nitrogens with zero attached hydrogens (tertiary/aromatic N) is 3. The number of hydrogen-bond acceptors (Lipinski definition) is 6. The number of aliphatic imine (C=N–C) groups is 1. The monoisotopic (exact) mass is 341 g/mol. The van der Waals surface area contributed by atoms with Crippen LogP contribution in [0.1, 0.15) is 28.4 Å². The number of carbonyl (C=O) groups excluding carboxylic acids is 1. The summed E-state index contributed by atoms with van der Waals surface area (Å²) in [6.07, 6.45) is 0. The number of nitro groups is 2. The predicted octanol–water partition coefficient (Wildman–Crippen LogP) is 3.50. The van der Waals surface area contributed by atoms with Crippen molar-refractivity contribution in [3.63, 3.8) is 0 Å². The molecule has 0 aliphatic rings. The summed E-state index contributed by atoms with van der Waals surface area (Å²) in [4.78, 5) is 36.6. The molecule has 0 N–H and O–H groups in total. The summed E-state index contributed by atoms with van der Waals surface area (Å²) < 4.78 is 0. The molecular weight excluding hydrogens is 326 g/mol. The summed E-state index contributed by atoms with van der Waals surface area (Å²) in [5.74, 6) is -0.529. The quantitative estimate of drug-likeness (QED) is 0.345. The minimum absolute atomic E-state index is 0.110. The first kappa shape index (κ1) is 17.9. The summed E-state index contributed by atoms with van der Waals surface area (Å²) in [7, 11) is 0. The summed E-state index contributed by atoms with van der Waals surface area (Å²) >= 11 is 0. The van der Waals surface area contributed by atoms with Gasteiger partial charge in [0.1, 0.15) is 6.54 Å². The Balaban J connectivity index is 2.25. The van der Waals surface area contributed by atoms with E-state index in [2.05, 4.69) is 4.99 Å². The first-order chi connectivity index (χ1) is 11.8. The number of aryl methyl sites for hydroxylation is 1. The SMILES string of the molecule is CC(=NCC(=O)c1cc([N+](=O)[O-])cc([N+](=O)[O-])c1)c1ccc(C)cc1. The van der Waals surface area contributed by atoms with E-state index in [1.54, 1.807) is 6.92 Å². The fraction of sp³-hybridized carbons (Fsp3) is 0.176. The van der Waals surface area contributed by atoms with Crippen LogP contribution in [0.25, 0.3) is 0 Å². The molecule has 0 fully saturated rings. The molecule has 0 unspecified atom stereocenters. The largest absolute Gasteiger partial charge is 0.292 e. The molecule has 0 aliphatic heterocycles. The highest BCUT2D eigenvalue weighted by molar-refractivity contribution is 6.03. The van der Waals surface area contributed by atoms with E-state index in [0.717, 1.165) is 29.3 Å². The Kier molecular flexibility index (Phi) is 5.33. The second-order valence-electron chi connectivity index (χ2n) is 5.44. The van der Waals surface area contributed by atoms with Gasteiger partial charge in [0, 0.05) is 23.4 Å². The Hall–Kier alpha value is -3.42. The maximum absolute atomic E-state index is 12.2. The summed E-state index contributed by atoms with van der Waals surface area (Å²) in [6, 6.07) is 10.4. The van der Waals surface area contributed by atoms with Crippen LogP contribution in [0.2, 0.25) is 0 Å². The summed E-state index contributed by atoms with van der Waals surface area (Å²) in [5.41, 5.74) is 1.46. The van der Waals surface area contributed by atoms with Crippen LogP contribution in [0.3, 0.4) is 0 Å². The maximum Gasteiger partial charge on any atom is 0.277 e. The molecule has 0 aromatic heterocycles. The fourth-order valence-electron chi connectivity index (χ4n) is 2.13. The average Bonchev–Trinajstić information content (AvgIpc) is 2.59. The topological polar surface area (TPSA) is 116 Å². The van der Waals surface area contributed by atoms with Crippen molar-refractivity contribution in [1.82, 2.24) is 0 Å². The van der Waals surface area contributed by atoms with Crippen molar-refractivity contribution < 1.29 is 14.6 Å². The zero-order valence-electron chi connectivity index (χ0n) is 13.6. The van der Waals surface area contributed by atoms with Gasteiger partial charge in [-0.05, 0) is 19.4 Å². The maximum atomic E-state index is 12.2. The van der Waals surface area contributed by atoms with Gasteiger partial charge in [0.25, 0.3) is 11.4 Å². The van der Waals surface area contributed by atoms with Crippen LogP contribution in [-0.4, -0.2) is 27.9 Å². The number of rotatable bonds is 6. The van der Waals surface area contributed by atoms with Gasteiger partial charge in [0.05, 0.1) is 15.9 Å². The van der Waals surface area contributed by atoms with Crippen LogP contribution < -0.4 is 0 Å². The molecule has 2 aromatic rings. The molecule has 2 rings (SSSR count). The van der Waals surface area contributed by atoms with E-state index in [1.807, 2.05) is 31.2 Å².